The number of rotatable bonds is 57. The highest BCUT2D eigenvalue weighted by atomic mass is 31.2. The quantitative estimate of drug-likeness (QED) is 0.0272. The molecule has 9 heteroatoms. The molecule has 0 aromatic carbocycles. The zero-order valence-electron chi connectivity index (χ0n) is 48.8. The van der Waals surface area contributed by atoms with E-state index in [1.54, 1.807) is 6.08 Å². The second-order valence-corrected chi connectivity index (χ2v) is 23.8. The maximum absolute atomic E-state index is 13.0. The van der Waals surface area contributed by atoms with Gasteiger partial charge in [0, 0.05) is 6.42 Å². The summed E-state index contributed by atoms with van der Waals surface area (Å²) in [5, 5.41) is 13.8. The van der Waals surface area contributed by atoms with Crippen molar-refractivity contribution in [3.63, 3.8) is 0 Å². The van der Waals surface area contributed by atoms with Crippen LogP contribution < -0.4 is 10.2 Å². The van der Waals surface area contributed by atoms with Crippen LogP contribution in [0.25, 0.3) is 0 Å². The Kier molecular flexibility index (Phi) is 53.6. The first-order chi connectivity index (χ1) is 35.5. The molecule has 3 unspecified atom stereocenters. The summed E-state index contributed by atoms with van der Waals surface area (Å²) in [5.41, 5.74) is 0. The number of carbonyl (C=O) groups is 1. The molecular formula is C64H121N2O6P. The summed E-state index contributed by atoms with van der Waals surface area (Å²) in [5.74, 6) is -0.210. The Labute approximate surface area is 453 Å². The van der Waals surface area contributed by atoms with Crippen LogP contribution in [0.5, 0.6) is 0 Å². The van der Waals surface area contributed by atoms with E-state index < -0.39 is 26.6 Å². The van der Waals surface area contributed by atoms with Crippen LogP contribution in [0.3, 0.4) is 0 Å². The largest absolute Gasteiger partial charge is 0.756 e. The Hall–Kier alpha value is -1.80. The van der Waals surface area contributed by atoms with Crippen LogP contribution >= 0.6 is 7.82 Å². The van der Waals surface area contributed by atoms with Crippen LogP contribution in [0.15, 0.2) is 60.8 Å². The fourth-order valence-electron chi connectivity index (χ4n) is 9.04. The van der Waals surface area contributed by atoms with Crippen LogP contribution in [0, 0.1) is 0 Å². The number of unbranched alkanes of at least 4 members (excludes halogenated alkanes) is 36. The van der Waals surface area contributed by atoms with E-state index in [1.807, 2.05) is 27.2 Å². The van der Waals surface area contributed by atoms with E-state index in [1.165, 1.54) is 218 Å². The molecule has 0 saturated carbocycles. The van der Waals surface area contributed by atoms with Gasteiger partial charge in [0.05, 0.1) is 39.9 Å². The molecule has 8 nitrogen and oxygen atoms in total. The number of aliphatic hydroxyl groups is 1. The number of allylic oxidation sites excluding steroid dienone is 9. The Balaban J connectivity index is 4.05. The zero-order chi connectivity index (χ0) is 53.5. The first kappa shape index (κ1) is 71.2. The fraction of sp³-hybridized carbons (Fsp3) is 0.828. The van der Waals surface area contributed by atoms with E-state index in [9.17, 15) is 19.4 Å². The van der Waals surface area contributed by atoms with Crippen molar-refractivity contribution < 1.29 is 32.9 Å². The molecule has 0 aliphatic carbocycles. The summed E-state index contributed by atoms with van der Waals surface area (Å²) in [7, 11) is 1.24. The van der Waals surface area contributed by atoms with Gasteiger partial charge in [-0.2, -0.15) is 0 Å². The minimum absolute atomic E-state index is 0.00967. The number of aliphatic hydroxyl groups excluding tert-OH is 1. The molecule has 2 N–H and O–H groups in total. The molecule has 0 bridgehead atoms. The molecule has 0 fully saturated rings. The molecule has 0 radical (unpaired) electrons. The predicted molar refractivity (Wildman–Crippen MR) is 316 cm³/mol. The van der Waals surface area contributed by atoms with Crippen LogP contribution in [0.4, 0.5) is 0 Å². The standard InChI is InChI=1S/C64H121N2O6P/c1-6-8-10-12-14-16-18-20-22-24-25-26-27-28-29-30-31-32-33-34-35-36-37-38-39-40-41-42-44-46-48-50-52-54-56-58-64(68)65-62(61-72-73(69,70)71-60-59-66(3,4)5)63(67)57-55-53-51-49-47-45-43-23-21-19-17-15-13-11-9-7-2/h21,23,27-28,30-31,47,49,55,57,62-63,67H,6-20,22,24-26,29,32-46,48,50-54,56,58-61H2,1-5H3,(H-,65,68,69,70)/b23-21+,28-27-,31-30-,49-47+,57-55+. The number of carbonyl (C=O) groups excluding carboxylic acids is 1. The van der Waals surface area contributed by atoms with E-state index in [-0.39, 0.29) is 12.5 Å². The molecule has 3 atom stereocenters. The average molecular weight is 1050 g/mol. The van der Waals surface area contributed by atoms with Crippen molar-refractivity contribution in [1.29, 1.82) is 0 Å². The van der Waals surface area contributed by atoms with Crippen LogP contribution in [-0.2, 0) is 18.4 Å². The number of phosphoric ester groups is 1. The van der Waals surface area contributed by atoms with Crippen molar-refractivity contribution >= 4 is 13.7 Å². The minimum atomic E-state index is -4.61. The Morgan fingerprint density at radius 3 is 1.19 bits per heavy atom. The third-order valence-corrected chi connectivity index (χ3v) is 14.9. The lowest BCUT2D eigenvalue weighted by Crippen LogP contribution is -2.45. The highest BCUT2D eigenvalue weighted by Crippen LogP contribution is 2.38. The van der Waals surface area contributed by atoms with Crippen molar-refractivity contribution in [2.75, 3.05) is 40.9 Å². The van der Waals surface area contributed by atoms with Gasteiger partial charge in [0.1, 0.15) is 13.2 Å². The van der Waals surface area contributed by atoms with Crippen molar-refractivity contribution in [2.24, 2.45) is 0 Å². The molecule has 0 saturated heterocycles. The molecule has 73 heavy (non-hydrogen) atoms. The van der Waals surface area contributed by atoms with Gasteiger partial charge >= 0.3 is 0 Å². The van der Waals surface area contributed by atoms with Gasteiger partial charge in [-0.3, -0.25) is 9.36 Å². The SMILES string of the molecule is CCCCCCCC/C=C/CC/C=C/CC/C=C/C(O)C(COP(=O)([O-])OCC[N+](C)(C)C)NC(=O)CCCCCCCCCCCCCCCCCCC/C=C\C/C=C\CCCCCCCCCCCCC. The fourth-order valence-corrected chi connectivity index (χ4v) is 9.76. The second-order valence-electron chi connectivity index (χ2n) is 22.4. The van der Waals surface area contributed by atoms with Gasteiger partial charge in [0.15, 0.2) is 0 Å². The van der Waals surface area contributed by atoms with Crippen molar-refractivity contribution in [3.05, 3.63) is 60.8 Å². The molecule has 0 aliphatic heterocycles. The Morgan fingerprint density at radius 2 is 0.808 bits per heavy atom. The second kappa shape index (κ2) is 55.0. The monoisotopic (exact) mass is 1040 g/mol. The van der Waals surface area contributed by atoms with Gasteiger partial charge < -0.3 is 28.8 Å². The van der Waals surface area contributed by atoms with Crippen LogP contribution in [-0.4, -0.2) is 68.5 Å². The van der Waals surface area contributed by atoms with Gasteiger partial charge in [-0.15, -0.1) is 0 Å². The zero-order valence-corrected chi connectivity index (χ0v) is 49.7. The molecule has 0 aromatic rings. The normalized spacial score (nSPS) is 14.2. The number of nitrogens with zero attached hydrogens (tertiary/aromatic N) is 1. The van der Waals surface area contributed by atoms with Crippen LogP contribution in [0.1, 0.15) is 290 Å². The summed E-state index contributed by atoms with van der Waals surface area (Å²) in [6.45, 7) is 4.63. The third-order valence-electron chi connectivity index (χ3n) is 13.9. The summed E-state index contributed by atoms with van der Waals surface area (Å²) in [6, 6.07) is -0.911. The number of quaternary nitrogens is 1. The van der Waals surface area contributed by atoms with E-state index in [4.69, 9.17) is 9.05 Å². The Bertz CT molecular complexity index is 1370. The molecule has 0 aliphatic rings. The first-order valence-electron chi connectivity index (χ1n) is 31.2. The lowest BCUT2D eigenvalue weighted by Gasteiger charge is -2.29. The van der Waals surface area contributed by atoms with E-state index >= 15 is 0 Å². The molecule has 1 amide bonds. The summed E-state index contributed by atoms with van der Waals surface area (Å²) in [4.78, 5) is 25.5. The lowest BCUT2D eigenvalue weighted by molar-refractivity contribution is -0.870. The summed E-state index contributed by atoms with van der Waals surface area (Å²) >= 11 is 0. The van der Waals surface area contributed by atoms with Gasteiger partial charge in [-0.1, -0.05) is 267 Å². The van der Waals surface area contributed by atoms with Gasteiger partial charge in [-0.05, 0) is 77.0 Å². The minimum Gasteiger partial charge on any atom is -0.756 e. The number of amides is 1. The van der Waals surface area contributed by atoms with Crippen molar-refractivity contribution in [1.82, 2.24) is 5.32 Å². The highest BCUT2D eigenvalue weighted by Gasteiger charge is 2.23. The Morgan fingerprint density at radius 1 is 0.479 bits per heavy atom. The average Bonchev–Trinajstić information content (AvgIpc) is 3.35. The van der Waals surface area contributed by atoms with Gasteiger partial charge in [0.25, 0.3) is 7.82 Å². The number of nitrogens with one attached hydrogen (secondary N) is 1. The number of hydrogen-bond donors (Lipinski definition) is 2. The molecular weight excluding hydrogens is 924 g/mol. The molecule has 0 heterocycles. The van der Waals surface area contributed by atoms with Crippen LogP contribution in [0.2, 0.25) is 0 Å². The van der Waals surface area contributed by atoms with Gasteiger partial charge in [0.2, 0.25) is 5.91 Å². The number of likely N-dealkylation sites (N-methyl/N-ethyl adjacent to an activating group) is 1. The molecule has 428 valence electrons. The van der Waals surface area contributed by atoms with E-state index in [2.05, 4.69) is 67.8 Å². The van der Waals surface area contributed by atoms with E-state index in [0.29, 0.717) is 17.4 Å². The molecule has 0 rings (SSSR count). The predicted octanol–water partition coefficient (Wildman–Crippen LogP) is 18.6. The summed E-state index contributed by atoms with van der Waals surface area (Å²) in [6.07, 6.45) is 74.7. The summed E-state index contributed by atoms with van der Waals surface area (Å²) < 4.78 is 23.3. The number of hydrogen-bond acceptors (Lipinski definition) is 6. The maximum Gasteiger partial charge on any atom is 0.268 e. The van der Waals surface area contributed by atoms with E-state index in [0.717, 1.165) is 51.4 Å². The highest BCUT2D eigenvalue weighted by molar-refractivity contribution is 7.45. The third kappa shape index (κ3) is 57.7. The van der Waals surface area contributed by atoms with Gasteiger partial charge in [-0.25, -0.2) is 0 Å². The lowest BCUT2D eigenvalue weighted by atomic mass is 10.0. The topological polar surface area (TPSA) is 108 Å². The van der Waals surface area contributed by atoms with Crippen molar-refractivity contribution in [3.8, 4) is 0 Å². The van der Waals surface area contributed by atoms with Crippen molar-refractivity contribution in [2.45, 2.75) is 302 Å². The first-order valence-corrected chi connectivity index (χ1v) is 32.6. The number of phosphoric acid groups is 1. The molecule has 0 aromatic heterocycles. The smallest absolute Gasteiger partial charge is 0.268 e. The maximum atomic E-state index is 13.0. The molecule has 0 spiro atoms.